The molecule has 1 N–H and O–H groups in total. The Bertz CT molecular complexity index is 881. The van der Waals surface area contributed by atoms with Crippen molar-refractivity contribution < 1.29 is 18.7 Å². The number of carbonyl (C=O) groups excluding carboxylic acids is 2. The molecule has 128 valence electrons. The molecule has 0 aliphatic rings. The Morgan fingerprint density at radius 3 is 2.96 bits per heavy atom. The van der Waals surface area contributed by atoms with Gasteiger partial charge in [-0.25, -0.2) is 9.18 Å². The van der Waals surface area contributed by atoms with Crippen LogP contribution in [0.15, 0.2) is 41.1 Å². The van der Waals surface area contributed by atoms with E-state index in [1.807, 2.05) is 16.8 Å². The Hall–Kier alpha value is -3.14. The maximum atomic E-state index is 13.0. The fourth-order valence-corrected chi connectivity index (χ4v) is 2.52. The molecule has 3 rings (SSSR count). The molecule has 0 unspecified atom stereocenters. The van der Waals surface area contributed by atoms with Crippen molar-refractivity contribution in [1.82, 2.24) is 20.2 Å². The lowest BCUT2D eigenvalue weighted by atomic mass is 10.3. The van der Waals surface area contributed by atoms with Crippen LogP contribution in [0.25, 0.3) is 11.4 Å². The smallest absolute Gasteiger partial charge is 0.330 e. The van der Waals surface area contributed by atoms with Gasteiger partial charge in [0.25, 0.3) is 5.91 Å². The second-order valence-corrected chi connectivity index (χ2v) is 5.65. The Morgan fingerprint density at radius 1 is 1.32 bits per heavy atom. The summed E-state index contributed by atoms with van der Waals surface area (Å²) in [6, 6.07) is 7.23. The first-order chi connectivity index (χ1) is 12.1. The average Bonchev–Trinajstić information content (AvgIpc) is 3.24. The van der Waals surface area contributed by atoms with Gasteiger partial charge >= 0.3 is 5.97 Å². The monoisotopic (exact) mass is 361 g/mol. The van der Waals surface area contributed by atoms with E-state index in [1.165, 1.54) is 29.5 Å². The summed E-state index contributed by atoms with van der Waals surface area (Å²) >= 11 is 1.49. The number of esters is 1. The highest BCUT2D eigenvalue weighted by Gasteiger charge is 2.12. The number of carbonyl (C=O) groups is 2. The Kier molecular flexibility index (Phi) is 5.09. The summed E-state index contributed by atoms with van der Waals surface area (Å²) in [7, 11) is 0. The molecule has 25 heavy (non-hydrogen) atoms. The molecule has 1 amide bonds. The van der Waals surface area contributed by atoms with E-state index in [0.717, 1.165) is 16.4 Å². The van der Waals surface area contributed by atoms with Crippen LogP contribution in [-0.4, -0.2) is 38.7 Å². The molecule has 0 atom stereocenters. The molecule has 0 aliphatic heterocycles. The molecule has 0 spiro atoms. The van der Waals surface area contributed by atoms with Gasteiger partial charge in [-0.3, -0.25) is 4.79 Å². The van der Waals surface area contributed by atoms with E-state index >= 15 is 0 Å². The maximum Gasteiger partial charge on any atom is 0.330 e. The molecule has 2 heterocycles. The average molecular weight is 361 g/mol. The number of nitrogens with zero attached hydrogens (tertiary/aromatic N) is 4. The fraction of sp³-hybridized carbons (Fsp3) is 0.133. The number of hydrogen-bond acceptors (Lipinski definition) is 7. The lowest BCUT2D eigenvalue weighted by Crippen LogP contribution is -2.23. The van der Waals surface area contributed by atoms with Gasteiger partial charge in [0.05, 0.1) is 0 Å². The molecule has 0 aliphatic carbocycles. The number of anilines is 1. The van der Waals surface area contributed by atoms with Gasteiger partial charge in [-0.2, -0.15) is 16.1 Å². The lowest BCUT2D eigenvalue weighted by molar-refractivity contribution is -0.148. The van der Waals surface area contributed by atoms with Gasteiger partial charge in [0, 0.05) is 16.6 Å². The highest BCUT2D eigenvalue weighted by atomic mass is 32.1. The number of amides is 1. The number of hydrogen-bond donors (Lipinski definition) is 1. The summed E-state index contributed by atoms with van der Waals surface area (Å²) in [5.74, 6) is -1.35. The van der Waals surface area contributed by atoms with Gasteiger partial charge < -0.3 is 10.1 Å². The van der Waals surface area contributed by atoms with Crippen LogP contribution in [0.3, 0.4) is 0 Å². The second kappa shape index (κ2) is 7.62. The van der Waals surface area contributed by atoms with Crippen molar-refractivity contribution in [2.45, 2.75) is 6.54 Å². The summed E-state index contributed by atoms with van der Waals surface area (Å²) in [5.41, 5.74) is 1.08. The predicted molar refractivity (Wildman–Crippen MR) is 87.1 cm³/mol. The van der Waals surface area contributed by atoms with Gasteiger partial charge in [0.1, 0.15) is 5.82 Å². The number of halogens is 1. The zero-order chi connectivity index (χ0) is 17.6. The predicted octanol–water partition coefficient (Wildman–Crippen LogP) is 1.72. The number of nitrogens with one attached hydrogen (secondary N) is 1. The Labute approximate surface area is 145 Å². The van der Waals surface area contributed by atoms with E-state index in [4.69, 9.17) is 4.74 Å². The van der Waals surface area contributed by atoms with Crippen LogP contribution in [0, 0.1) is 5.82 Å². The van der Waals surface area contributed by atoms with E-state index in [9.17, 15) is 14.0 Å². The molecular weight excluding hydrogens is 349 g/mol. The van der Waals surface area contributed by atoms with Crippen LogP contribution in [0.1, 0.15) is 0 Å². The highest BCUT2D eigenvalue weighted by Crippen LogP contribution is 2.16. The topological polar surface area (TPSA) is 99.0 Å². The quantitative estimate of drug-likeness (QED) is 0.671. The van der Waals surface area contributed by atoms with E-state index in [2.05, 4.69) is 20.7 Å². The molecular formula is C15H12FN5O3S. The highest BCUT2D eigenvalue weighted by molar-refractivity contribution is 7.08. The fourth-order valence-electron chi connectivity index (χ4n) is 1.89. The number of rotatable bonds is 6. The zero-order valence-corrected chi connectivity index (χ0v) is 13.6. The van der Waals surface area contributed by atoms with Crippen LogP contribution in [-0.2, 0) is 20.9 Å². The third kappa shape index (κ3) is 4.67. The normalized spacial score (nSPS) is 10.4. The summed E-state index contributed by atoms with van der Waals surface area (Å²) in [4.78, 5) is 24.5. The number of tetrazole rings is 1. The number of thiophene rings is 1. The van der Waals surface area contributed by atoms with Gasteiger partial charge in [0.2, 0.25) is 5.82 Å². The van der Waals surface area contributed by atoms with Crippen molar-refractivity contribution in [2.75, 3.05) is 11.9 Å². The Morgan fingerprint density at radius 2 is 2.20 bits per heavy atom. The molecule has 1 aromatic carbocycles. The molecule has 2 aromatic heterocycles. The van der Waals surface area contributed by atoms with Gasteiger partial charge in [-0.1, -0.05) is 6.07 Å². The second-order valence-electron chi connectivity index (χ2n) is 4.87. The SMILES string of the molecule is O=C(COC(=O)Cn1nnc(-c2ccsc2)n1)Nc1cccc(F)c1. The van der Waals surface area contributed by atoms with E-state index in [0.29, 0.717) is 5.82 Å². The third-order valence-electron chi connectivity index (χ3n) is 2.98. The summed E-state index contributed by atoms with van der Waals surface area (Å²) in [6.45, 7) is -0.772. The lowest BCUT2D eigenvalue weighted by Gasteiger charge is -2.06. The van der Waals surface area contributed by atoms with Crippen LogP contribution < -0.4 is 5.32 Å². The van der Waals surface area contributed by atoms with Crippen LogP contribution in [0.4, 0.5) is 10.1 Å². The molecule has 0 saturated heterocycles. The van der Waals surface area contributed by atoms with Crippen molar-refractivity contribution in [3.63, 3.8) is 0 Å². The third-order valence-corrected chi connectivity index (χ3v) is 3.66. The zero-order valence-electron chi connectivity index (χ0n) is 12.8. The van der Waals surface area contributed by atoms with E-state index in [-0.39, 0.29) is 12.2 Å². The molecule has 0 radical (unpaired) electrons. The molecule has 0 fully saturated rings. The first kappa shape index (κ1) is 16.7. The summed E-state index contributed by atoms with van der Waals surface area (Å²) in [5, 5.41) is 17.8. The largest absolute Gasteiger partial charge is 0.454 e. The van der Waals surface area contributed by atoms with Crippen molar-refractivity contribution in [2.24, 2.45) is 0 Å². The minimum absolute atomic E-state index is 0.273. The van der Waals surface area contributed by atoms with Crippen molar-refractivity contribution >= 4 is 28.9 Å². The van der Waals surface area contributed by atoms with Gasteiger partial charge in [0.15, 0.2) is 13.2 Å². The van der Waals surface area contributed by atoms with Crippen LogP contribution >= 0.6 is 11.3 Å². The van der Waals surface area contributed by atoms with Crippen molar-refractivity contribution in [3.8, 4) is 11.4 Å². The minimum Gasteiger partial charge on any atom is -0.454 e. The standard InChI is InChI=1S/C15H12FN5O3S/c16-11-2-1-3-12(6-11)17-13(22)8-24-14(23)7-21-19-15(18-20-21)10-4-5-25-9-10/h1-6,9H,7-8H2,(H,17,22). The van der Waals surface area contributed by atoms with Crippen LogP contribution in [0.5, 0.6) is 0 Å². The maximum absolute atomic E-state index is 13.0. The number of benzene rings is 1. The number of aromatic nitrogens is 4. The molecule has 10 heteroatoms. The number of ether oxygens (including phenoxy) is 1. The van der Waals surface area contributed by atoms with Gasteiger partial charge in [-0.05, 0) is 34.9 Å². The minimum atomic E-state index is -0.691. The first-order valence-electron chi connectivity index (χ1n) is 7.11. The van der Waals surface area contributed by atoms with E-state index in [1.54, 1.807) is 0 Å². The summed E-state index contributed by atoms with van der Waals surface area (Å²) in [6.07, 6.45) is 0. The molecule has 0 saturated carbocycles. The first-order valence-corrected chi connectivity index (χ1v) is 8.06. The molecule has 8 nitrogen and oxygen atoms in total. The summed E-state index contributed by atoms with van der Waals surface area (Å²) < 4.78 is 17.9. The van der Waals surface area contributed by atoms with E-state index < -0.39 is 24.3 Å². The van der Waals surface area contributed by atoms with Crippen LogP contribution in [0.2, 0.25) is 0 Å². The molecule has 0 bridgehead atoms. The Balaban J connectivity index is 1.47. The van der Waals surface area contributed by atoms with Crippen molar-refractivity contribution in [3.05, 3.63) is 46.9 Å². The molecule has 3 aromatic rings. The van der Waals surface area contributed by atoms with Gasteiger partial charge in [-0.15, -0.1) is 10.2 Å². The van der Waals surface area contributed by atoms with Crippen molar-refractivity contribution in [1.29, 1.82) is 0 Å².